The van der Waals surface area contributed by atoms with E-state index in [-0.39, 0.29) is 5.91 Å². The van der Waals surface area contributed by atoms with E-state index in [0.29, 0.717) is 11.3 Å². The van der Waals surface area contributed by atoms with Crippen molar-refractivity contribution in [2.75, 3.05) is 19.3 Å². The molecule has 1 heterocycles. The Morgan fingerprint density at radius 3 is 2.33 bits per heavy atom. The second-order valence-electron chi connectivity index (χ2n) is 4.36. The number of benzene rings is 1. The van der Waals surface area contributed by atoms with Crippen molar-refractivity contribution in [1.82, 2.24) is 4.90 Å². The van der Waals surface area contributed by atoms with Crippen molar-refractivity contribution in [1.29, 1.82) is 0 Å². The average molecular weight is 267 g/mol. The van der Waals surface area contributed by atoms with Gasteiger partial charge in [0.15, 0.2) is 0 Å². The maximum atomic E-state index is 12.2. The summed E-state index contributed by atoms with van der Waals surface area (Å²) in [5, 5.41) is 0. The van der Waals surface area contributed by atoms with Crippen molar-refractivity contribution in [3.05, 3.63) is 29.8 Å². The lowest BCUT2D eigenvalue weighted by Gasteiger charge is -2.26. The van der Waals surface area contributed by atoms with E-state index in [9.17, 15) is 9.00 Å². The first-order chi connectivity index (χ1) is 8.66. The minimum Gasteiger partial charge on any atom is -0.401 e. The van der Waals surface area contributed by atoms with Gasteiger partial charge in [0.1, 0.15) is 5.75 Å². The zero-order valence-electron chi connectivity index (χ0n) is 10.4. The van der Waals surface area contributed by atoms with Crippen LogP contribution in [0.3, 0.4) is 0 Å². The van der Waals surface area contributed by atoms with E-state index >= 15 is 0 Å². The van der Waals surface area contributed by atoms with Crippen molar-refractivity contribution in [2.45, 2.75) is 19.3 Å². The van der Waals surface area contributed by atoms with Crippen molar-refractivity contribution in [3.8, 4) is 5.75 Å². The number of piperidine rings is 1. The van der Waals surface area contributed by atoms with E-state index in [1.54, 1.807) is 24.3 Å². The number of rotatable bonds is 3. The summed E-state index contributed by atoms with van der Waals surface area (Å²) in [6.45, 7) is 1.69. The Labute approximate surface area is 110 Å². The molecular weight excluding hydrogens is 250 g/mol. The molecule has 1 fully saturated rings. The van der Waals surface area contributed by atoms with Crippen LogP contribution in [0.4, 0.5) is 0 Å². The zero-order valence-corrected chi connectivity index (χ0v) is 11.2. The molecule has 0 aliphatic carbocycles. The van der Waals surface area contributed by atoms with Gasteiger partial charge in [0, 0.05) is 24.9 Å². The number of hydrogen-bond acceptors (Lipinski definition) is 3. The molecule has 98 valence electrons. The highest BCUT2D eigenvalue weighted by Gasteiger charge is 2.17. The Morgan fingerprint density at radius 2 is 1.78 bits per heavy atom. The number of carbonyl (C=O) groups is 1. The molecule has 1 aromatic rings. The van der Waals surface area contributed by atoms with Gasteiger partial charge in [-0.05, 0) is 43.5 Å². The molecule has 5 heteroatoms. The van der Waals surface area contributed by atoms with E-state index in [4.69, 9.17) is 4.18 Å². The molecule has 0 radical (unpaired) electrons. The fourth-order valence-corrected chi connectivity index (χ4v) is 2.45. The smallest absolute Gasteiger partial charge is 0.253 e. The predicted molar refractivity (Wildman–Crippen MR) is 70.9 cm³/mol. The SMILES string of the molecule is CS(=O)Oc1ccc(C(=O)N2CCCCC2)cc1. The molecule has 4 nitrogen and oxygen atoms in total. The van der Waals surface area contributed by atoms with Crippen molar-refractivity contribution < 1.29 is 13.2 Å². The van der Waals surface area contributed by atoms with Gasteiger partial charge in [-0.1, -0.05) is 0 Å². The second kappa shape index (κ2) is 6.00. The first-order valence-electron chi connectivity index (χ1n) is 6.08. The van der Waals surface area contributed by atoms with Gasteiger partial charge in [-0.25, -0.2) is 4.21 Å². The number of nitrogens with zero attached hydrogens (tertiary/aromatic N) is 1. The third kappa shape index (κ3) is 3.32. The Bertz CT molecular complexity index is 438. The quantitative estimate of drug-likeness (QED) is 0.841. The minimum atomic E-state index is -1.33. The number of likely N-dealkylation sites (tertiary alicyclic amines) is 1. The molecule has 1 aromatic carbocycles. The fourth-order valence-electron chi connectivity index (χ4n) is 2.07. The predicted octanol–water partition coefficient (Wildman–Crippen LogP) is 1.99. The van der Waals surface area contributed by atoms with Crippen LogP contribution in [0.15, 0.2) is 24.3 Å². The molecule has 1 saturated heterocycles. The third-order valence-electron chi connectivity index (χ3n) is 2.96. The summed E-state index contributed by atoms with van der Waals surface area (Å²) in [5.41, 5.74) is 0.658. The first kappa shape index (κ1) is 13.1. The van der Waals surface area contributed by atoms with Gasteiger partial charge in [0.2, 0.25) is 11.1 Å². The van der Waals surface area contributed by atoms with Crippen LogP contribution in [0.1, 0.15) is 29.6 Å². The van der Waals surface area contributed by atoms with E-state index in [1.165, 1.54) is 12.7 Å². The van der Waals surface area contributed by atoms with Gasteiger partial charge in [-0.15, -0.1) is 0 Å². The van der Waals surface area contributed by atoms with Gasteiger partial charge in [-0.2, -0.15) is 0 Å². The summed E-state index contributed by atoms with van der Waals surface area (Å²) in [6, 6.07) is 6.80. The topological polar surface area (TPSA) is 46.6 Å². The van der Waals surface area contributed by atoms with Crippen LogP contribution >= 0.6 is 0 Å². The molecular formula is C13H17NO3S. The summed E-state index contributed by atoms with van der Waals surface area (Å²) >= 11 is -1.33. The summed E-state index contributed by atoms with van der Waals surface area (Å²) in [5.74, 6) is 0.588. The highest BCUT2D eigenvalue weighted by molar-refractivity contribution is 7.79. The van der Waals surface area contributed by atoms with E-state index in [1.807, 2.05) is 4.90 Å². The molecule has 0 bridgehead atoms. The lowest BCUT2D eigenvalue weighted by atomic mass is 10.1. The first-order valence-corrected chi connectivity index (χ1v) is 7.56. The van der Waals surface area contributed by atoms with Crippen LogP contribution < -0.4 is 4.18 Å². The van der Waals surface area contributed by atoms with Crippen LogP contribution in [0.5, 0.6) is 5.75 Å². The molecule has 1 aliphatic heterocycles. The van der Waals surface area contributed by atoms with Crippen LogP contribution in [-0.2, 0) is 11.1 Å². The van der Waals surface area contributed by atoms with Gasteiger partial charge < -0.3 is 9.08 Å². The van der Waals surface area contributed by atoms with E-state index < -0.39 is 11.1 Å². The lowest BCUT2D eigenvalue weighted by Crippen LogP contribution is -2.35. The van der Waals surface area contributed by atoms with Crippen LogP contribution in [0, 0.1) is 0 Å². The molecule has 0 aromatic heterocycles. The fraction of sp³-hybridized carbons (Fsp3) is 0.462. The standard InChI is InChI=1S/C13H17NO3S/c1-18(16)17-12-7-5-11(6-8-12)13(15)14-9-3-2-4-10-14/h5-8H,2-4,9-10H2,1H3. The molecule has 0 spiro atoms. The summed E-state index contributed by atoms with van der Waals surface area (Å²) < 4.78 is 15.9. The Hall–Kier alpha value is -1.36. The maximum absolute atomic E-state index is 12.2. The van der Waals surface area contributed by atoms with Crippen LogP contribution in [-0.4, -0.2) is 34.4 Å². The summed E-state index contributed by atoms with van der Waals surface area (Å²) in [7, 11) is 0. The summed E-state index contributed by atoms with van der Waals surface area (Å²) in [4.78, 5) is 14.0. The largest absolute Gasteiger partial charge is 0.401 e. The Morgan fingerprint density at radius 1 is 1.17 bits per heavy atom. The number of carbonyl (C=O) groups excluding carboxylic acids is 1. The highest BCUT2D eigenvalue weighted by Crippen LogP contribution is 2.17. The molecule has 0 N–H and O–H groups in total. The van der Waals surface area contributed by atoms with E-state index in [2.05, 4.69) is 0 Å². The van der Waals surface area contributed by atoms with Crippen molar-refractivity contribution in [3.63, 3.8) is 0 Å². The summed E-state index contributed by atoms with van der Waals surface area (Å²) in [6.07, 6.45) is 4.84. The highest BCUT2D eigenvalue weighted by atomic mass is 32.2. The maximum Gasteiger partial charge on any atom is 0.253 e. The minimum absolute atomic E-state index is 0.0684. The number of hydrogen-bond donors (Lipinski definition) is 0. The van der Waals surface area contributed by atoms with E-state index in [0.717, 1.165) is 25.9 Å². The van der Waals surface area contributed by atoms with Crippen LogP contribution in [0.25, 0.3) is 0 Å². The molecule has 1 atom stereocenters. The molecule has 1 amide bonds. The molecule has 2 rings (SSSR count). The molecule has 1 aliphatic rings. The Kier molecular flexibility index (Phi) is 4.36. The third-order valence-corrected chi connectivity index (χ3v) is 3.39. The Balaban J connectivity index is 2.04. The monoisotopic (exact) mass is 267 g/mol. The molecule has 1 unspecified atom stereocenters. The van der Waals surface area contributed by atoms with Crippen LogP contribution in [0.2, 0.25) is 0 Å². The molecule has 18 heavy (non-hydrogen) atoms. The van der Waals surface area contributed by atoms with Gasteiger partial charge in [0.05, 0.1) is 0 Å². The zero-order chi connectivity index (χ0) is 13.0. The van der Waals surface area contributed by atoms with Gasteiger partial charge in [-0.3, -0.25) is 4.79 Å². The van der Waals surface area contributed by atoms with Crippen molar-refractivity contribution in [2.24, 2.45) is 0 Å². The van der Waals surface area contributed by atoms with Crippen molar-refractivity contribution >= 4 is 17.0 Å². The second-order valence-corrected chi connectivity index (χ2v) is 5.33. The van der Waals surface area contributed by atoms with Gasteiger partial charge in [0.25, 0.3) is 5.91 Å². The lowest BCUT2D eigenvalue weighted by molar-refractivity contribution is 0.0724. The average Bonchev–Trinajstić information content (AvgIpc) is 2.39. The van der Waals surface area contributed by atoms with Gasteiger partial charge >= 0.3 is 0 Å². The normalized spacial score (nSPS) is 17.3. The molecule has 0 saturated carbocycles. The number of amides is 1.